The molecule has 0 aromatic heterocycles. The number of benzene rings is 1. The molecule has 15 heavy (non-hydrogen) atoms. The number of hydrogen-bond acceptors (Lipinski definition) is 4. The first-order valence-corrected chi connectivity index (χ1v) is 4.88. The molecule has 0 radical (unpaired) electrons. The van der Waals surface area contributed by atoms with Crippen molar-refractivity contribution in [3.8, 4) is 0 Å². The standard InChI is InChI=1S/C10H13N3O2/c1-12-6-2-3-7-9(12)5-4-8(11)10(7)13(14)15/h4-5H,2-3,6,11H2,1H3. The molecule has 2 N–H and O–H groups in total. The quantitative estimate of drug-likeness (QED) is 0.431. The summed E-state index contributed by atoms with van der Waals surface area (Å²) in [4.78, 5) is 12.6. The molecule has 0 bridgehead atoms. The minimum Gasteiger partial charge on any atom is -0.393 e. The van der Waals surface area contributed by atoms with Crippen LogP contribution in [-0.4, -0.2) is 18.5 Å². The lowest BCUT2D eigenvalue weighted by atomic mass is 9.99. The first-order chi connectivity index (χ1) is 7.11. The fourth-order valence-electron chi connectivity index (χ4n) is 2.08. The fourth-order valence-corrected chi connectivity index (χ4v) is 2.08. The molecule has 0 aliphatic carbocycles. The third kappa shape index (κ3) is 1.49. The van der Waals surface area contributed by atoms with Gasteiger partial charge < -0.3 is 10.6 Å². The normalized spacial score (nSPS) is 14.9. The molecule has 1 aromatic carbocycles. The van der Waals surface area contributed by atoms with Crippen molar-refractivity contribution in [1.29, 1.82) is 0 Å². The number of nitrogen functional groups attached to an aromatic ring is 1. The molecule has 0 saturated heterocycles. The highest BCUT2D eigenvalue weighted by Crippen LogP contribution is 2.37. The second kappa shape index (κ2) is 3.42. The van der Waals surface area contributed by atoms with E-state index in [9.17, 15) is 10.1 Å². The van der Waals surface area contributed by atoms with Gasteiger partial charge in [-0.15, -0.1) is 0 Å². The molecule has 1 aliphatic rings. The summed E-state index contributed by atoms with van der Waals surface area (Å²) in [5.74, 6) is 0. The van der Waals surface area contributed by atoms with E-state index in [0.29, 0.717) is 0 Å². The van der Waals surface area contributed by atoms with Gasteiger partial charge in [-0.1, -0.05) is 0 Å². The van der Waals surface area contributed by atoms with Crippen LogP contribution in [0.15, 0.2) is 12.1 Å². The smallest absolute Gasteiger partial charge is 0.297 e. The maximum Gasteiger partial charge on any atom is 0.297 e. The Hall–Kier alpha value is -1.78. The second-order valence-corrected chi connectivity index (χ2v) is 3.78. The Morgan fingerprint density at radius 1 is 1.53 bits per heavy atom. The summed E-state index contributed by atoms with van der Waals surface area (Å²) in [6.45, 7) is 0.939. The van der Waals surface area contributed by atoms with Crippen molar-refractivity contribution in [2.75, 3.05) is 24.2 Å². The van der Waals surface area contributed by atoms with E-state index in [1.54, 1.807) is 6.07 Å². The van der Waals surface area contributed by atoms with E-state index >= 15 is 0 Å². The van der Waals surface area contributed by atoms with Crippen LogP contribution in [0.4, 0.5) is 17.1 Å². The Bertz CT molecular complexity index is 417. The number of fused-ring (bicyclic) bond motifs is 1. The van der Waals surface area contributed by atoms with Crippen molar-refractivity contribution < 1.29 is 4.92 Å². The molecule has 0 atom stereocenters. The van der Waals surface area contributed by atoms with Crippen molar-refractivity contribution in [2.24, 2.45) is 0 Å². The molecular weight excluding hydrogens is 194 g/mol. The average molecular weight is 207 g/mol. The largest absolute Gasteiger partial charge is 0.393 e. The number of nitrogens with zero attached hydrogens (tertiary/aromatic N) is 2. The number of hydrogen-bond donors (Lipinski definition) is 1. The molecule has 1 aromatic rings. The summed E-state index contributed by atoms with van der Waals surface area (Å²) >= 11 is 0. The van der Waals surface area contributed by atoms with Gasteiger partial charge in [0.25, 0.3) is 5.69 Å². The van der Waals surface area contributed by atoms with Crippen LogP contribution in [0, 0.1) is 10.1 Å². The molecule has 2 rings (SSSR count). The zero-order chi connectivity index (χ0) is 11.0. The lowest BCUT2D eigenvalue weighted by molar-refractivity contribution is -0.384. The zero-order valence-corrected chi connectivity index (χ0v) is 8.56. The highest BCUT2D eigenvalue weighted by molar-refractivity contribution is 5.73. The van der Waals surface area contributed by atoms with Crippen LogP contribution >= 0.6 is 0 Å². The topological polar surface area (TPSA) is 72.4 Å². The molecule has 0 unspecified atom stereocenters. The molecule has 80 valence electrons. The highest BCUT2D eigenvalue weighted by Gasteiger charge is 2.25. The monoisotopic (exact) mass is 207 g/mol. The van der Waals surface area contributed by atoms with E-state index in [1.165, 1.54) is 0 Å². The second-order valence-electron chi connectivity index (χ2n) is 3.78. The molecule has 1 aliphatic heterocycles. The van der Waals surface area contributed by atoms with Gasteiger partial charge in [-0.25, -0.2) is 0 Å². The van der Waals surface area contributed by atoms with Crippen LogP contribution < -0.4 is 10.6 Å². The van der Waals surface area contributed by atoms with Crippen LogP contribution in [0.1, 0.15) is 12.0 Å². The number of nitro benzene ring substituents is 1. The van der Waals surface area contributed by atoms with Gasteiger partial charge >= 0.3 is 0 Å². The summed E-state index contributed by atoms with van der Waals surface area (Å²) in [5, 5.41) is 10.9. The van der Waals surface area contributed by atoms with Gasteiger partial charge in [0.1, 0.15) is 5.69 Å². The first-order valence-electron chi connectivity index (χ1n) is 4.88. The summed E-state index contributed by atoms with van der Waals surface area (Å²) in [6.07, 6.45) is 1.68. The minimum absolute atomic E-state index is 0.0825. The van der Waals surface area contributed by atoms with E-state index in [1.807, 2.05) is 18.0 Å². The molecular formula is C10H13N3O2. The maximum atomic E-state index is 10.9. The van der Waals surface area contributed by atoms with E-state index in [0.717, 1.165) is 30.6 Å². The molecule has 1 heterocycles. The Balaban J connectivity index is 2.63. The van der Waals surface area contributed by atoms with Gasteiger partial charge in [-0.3, -0.25) is 10.1 Å². The van der Waals surface area contributed by atoms with E-state index < -0.39 is 0 Å². The third-order valence-electron chi connectivity index (χ3n) is 2.80. The molecule has 0 saturated carbocycles. The molecule has 0 amide bonds. The molecule has 0 fully saturated rings. The number of rotatable bonds is 1. The van der Waals surface area contributed by atoms with Crippen molar-refractivity contribution >= 4 is 17.1 Å². The van der Waals surface area contributed by atoms with Crippen LogP contribution in [0.2, 0.25) is 0 Å². The minimum atomic E-state index is -0.382. The van der Waals surface area contributed by atoms with Gasteiger partial charge in [-0.2, -0.15) is 0 Å². The van der Waals surface area contributed by atoms with Crippen molar-refractivity contribution in [3.05, 3.63) is 27.8 Å². The molecule has 0 spiro atoms. The first kappa shape index (κ1) is 9.76. The van der Waals surface area contributed by atoms with Crippen LogP contribution in [0.25, 0.3) is 0 Å². The van der Waals surface area contributed by atoms with Crippen molar-refractivity contribution in [1.82, 2.24) is 0 Å². The Kier molecular flexibility index (Phi) is 2.22. The SMILES string of the molecule is CN1CCCc2c1ccc(N)c2[N+](=O)[O-]. The summed E-state index contributed by atoms with van der Waals surface area (Å²) in [5.41, 5.74) is 7.68. The predicted molar refractivity (Wildman–Crippen MR) is 59.1 cm³/mol. The number of nitrogens with two attached hydrogens (primary N) is 1. The summed E-state index contributed by atoms with van der Waals surface area (Å²) in [6, 6.07) is 3.47. The Morgan fingerprint density at radius 3 is 2.93 bits per heavy atom. The van der Waals surface area contributed by atoms with Gasteiger partial charge in [0.2, 0.25) is 0 Å². The number of nitro groups is 1. The fraction of sp³-hybridized carbons (Fsp3) is 0.400. The predicted octanol–water partition coefficient (Wildman–Crippen LogP) is 1.56. The van der Waals surface area contributed by atoms with Gasteiger partial charge in [-0.05, 0) is 25.0 Å². The molecule has 5 nitrogen and oxygen atoms in total. The Labute approximate surface area is 87.6 Å². The summed E-state index contributed by atoms with van der Waals surface area (Å²) < 4.78 is 0. The third-order valence-corrected chi connectivity index (χ3v) is 2.80. The zero-order valence-electron chi connectivity index (χ0n) is 8.56. The summed E-state index contributed by atoms with van der Waals surface area (Å²) in [7, 11) is 1.94. The lowest BCUT2D eigenvalue weighted by Gasteiger charge is -2.27. The van der Waals surface area contributed by atoms with Gasteiger partial charge in [0.15, 0.2) is 0 Å². The van der Waals surface area contributed by atoms with Crippen molar-refractivity contribution in [2.45, 2.75) is 12.8 Å². The van der Waals surface area contributed by atoms with Crippen LogP contribution in [-0.2, 0) is 6.42 Å². The van der Waals surface area contributed by atoms with Crippen molar-refractivity contribution in [3.63, 3.8) is 0 Å². The molecule has 5 heteroatoms. The lowest BCUT2D eigenvalue weighted by Crippen LogP contribution is -2.25. The Morgan fingerprint density at radius 2 is 2.27 bits per heavy atom. The van der Waals surface area contributed by atoms with E-state index in [4.69, 9.17) is 5.73 Å². The highest BCUT2D eigenvalue weighted by atomic mass is 16.6. The number of anilines is 2. The van der Waals surface area contributed by atoms with Crippen LogP contribution in [0.3, 0.4) is 0 Å². The van der Waals surface area contributed by atoms with Crippen LogP contribution in [0.5, 0.6) is 0 Å². The van der Waals surface area contributed by atoms with Gasteiger partial charge in [0, 0.05) is 19.3 Å². The van der Waals surface area contributed by atoms with E-state index in [-0.39, 0.29) is 16.3 Å². The average Bonchev–Trinajstić information content (AvgIpc) is 2.17. The van der Waals surface area contributed by atoms with E-state index in [2.05, 4.69) is 0 Å². The maximum absolute atomic E-state index is 10.9. The van der Waals surface area contributed by atoms with Gasteiger partial charge in [0.05, 0.1) is 10.5 Å².